The molecular weight excluding hydrogens is 330 g/mol. The summed E-state index contributed by atoms with van der Waals surface area (Å²) in [7, 11) is 0. The zero-order valence-electron chi connectivity index (χ0n) is 15.1. The predicted molar refractivity (Wildman–Crippen MR) is 97.0 cm³/mol. The third-order valence-electron chi connectivity index (χ3n) is 4.27. The molecule has 0 amide bonds. The van der Waals surface area contributed by atoms with E-state index in [4.69, 9.17) is 14.0 Å². The Bertz CT molecular complexity index is 877. The summed E-state index contributed by atoms with van der Waals surface area (Å²) in [5.41, 5.74) is 4.34. The molecule has 0 aliphatic heterocycles. The van der Waals surface area contributed by atoms with E-state index < -0.39 is 0 Å². The smallest absolute Gasteiger partial charge is 0.338 e. The van der Waals surface area contributed by atoms with Gasteiger partial charge in [-0.3, -0.25) is 0 Å². The minimum Gasteiger partial charge on any atom is -0.489 e. The normalized spacial score (nSPS) is 10.6. The van der Waals surface area contributed by atoms with Crippen LogP contribution in [0.1, 0.15) is 38.5 Å². The van der Waals surface area contributed by atoms with Crippen LogP contribution in [0.4, 0.5) is 0 Å². The average Bonchev–Trinajstić information content (AvgIpc) is 2.97. The van der Waals surface area contributed by atoms with Crippen molar-refractivity contribution in [3.05, 3.63) is 82.2 Å². The summed E-state index contributed by atoms with van der Waals surface area (Å²) >= 11 is 0. The van der Waals surface area contributed by atoms with Gasteiger partial charge in [-0.15, -0.1) is 0 Å². The van der Waals surface area contributed by atoms with Crippen LogP contribution in [0, 0.1) is 20.8 Å². The van der Waals surface area contributed by atoms with Crippen LogP contribution in [0.15, 0.2) is 53.1 Å². The Balaban J connectivity index is 1.57. The maximum atomic E-state index is 12.2. The van der Waals surface area contributed by atoms with E-state index in [0.717, 1.165) is 28.1 Å². The molecule has 0 bridgehead atoms. The number of ether oxygens (including phenoxy) is 2. The maximum Gasteiger partial charge on any atom is 0.338 e. The SMILES string of the molecule is Cc1ccccc1COC(=O)c1ccc(OCc2c(C)noc2C)cc1. The van der Waals surface area contributed by atoms with Crippen molar-refractivity contribution in [2.24, 2.45) is 0 Å². The van der Waals surface area contributed by atoms with Gasteiger partial charge in [-0.25, -0.2) is 4.79 Å². The number of hydrogen-bond donors (Lipinski definition) is 0. The monoisotopic (exact) mass is 351 g/mol. The second-order valence-corrected chi connectivity index (χ2v) is 6.12. The zero-order chi connectivity index (χ0) is 18.5. The second-order valence-electron chi connectivity index (χ2n) is 6.12. The van der Waals surface area contributed by atoms with Gasteiger partial charge in [0.15, 0.2) is 0 Å². The number of carbonyl (C=O) groups is 1. The molecule has 3 aromatic rings. The van der Waals surface area contributed by atoms with Crippen LogP contribution in [0.5, 0.6) is 5.75 Å². The molecule has 3 rings (SSSR count). The van der Waals surface area contributed by atoms with Crippen LogP contribution in [-0.4, -0.2) is 11.1 Å². The molecule has 5 nitrogen and oxygen atoms in total. The number of carbonyl (C=O) groups excluding carboxylic acids is 1. The number of aromatic nitrogens is 1. The molecule has 0 fully saturated rings. The summed E-state index contributed by atoms with van der Waals surface area (Å²) in [6, 6.07) is 14.7. The summed E-state index contributed by atoms with van der Waals surface area (Å²) in [4.78, 5) is 12.2. The first-order valence-electron chi connectivity index (χ1n) is 8.41. The fraction of sp³-hybridized carbons (Fsp3) is 0.238. The van der Waals surface area contributed by atoms with Gasteiger partial charge in [-0.05, 0) is 56.2 Å². The lowest BCUT2D eigenvalue weighted by Gasteiger charge is -2.09. The van der Waals surface area contributed by atoms with E-state index >= 15 is 0 Å². The zero-order valence-corrected chi connectivity index (χ0v) is 15.1. The lowest BCUT2D eigenvalue weighted by atomic mass is 10.1. The van der Waals surface area contributed by atoms with E-state index in [0.29, 0.717) is 17.9 Å². The molecule has 1 heterocycles. The minimum atomic E-state index is -0.356. The molecule has 0 saturated carbocycles. The molecule has 0 aliphatic carbocycles. The number of benzene rings is 2. The molecule has 0 saturated heterocycles. The standard InChI is InChI=1S/C21H21NO4/c1-14-6-4-5-7-18(14)12-25-21(23)17-8-10-19(11-9-17)24-13-20-15(2)22-26-16(20)3/h4-11H,12-13H2,1-3H3. The first-order chi connectivity index (χ1) is 12.5. The summed E-state index contributed by atoms with van der Waals surface area (Å²) in [5, 5.41) is 3.90. The van der Waals surface area contributed by atoms with Gasteiger partial charge in [0, 0.05) is 0 Å². The Labute approximate surface area is 152 Å². The largest absolute Gasteiger partial charge is 0.489 e. The van der Waals surface area contributed by atoms with Crippen molar-refractivity contribution < 1.29 is 18.8 Å². The lowest BCUT2D eigenvalue weighted by Crippen LogP contribution is -2.06. The molecule has 0 radical (unpaired) electrons. The van der Waals surface area contributed by atoms with Crippen LogP contribution in [0.25, 0.3) is 0 Å². The Morgan fingerprint density at radius 3 is 2.38 bits per heavy atom. The van der Waals surface area contributed by atoms with Gasteiger partial charge in [-0.2, -0.15) is 0 Å². The Morgan fingerprint density at radius 2 is 1.73 bits per heavy atom. The Kier molecular flexibility index (Phi) is 5.37. The molecule has 1 aromatic heterocycles. The molecule has 0 N–H and O–H groups in total. The molecule has 5 heteroatoms. The highest BCUT2D eigenvalue weighted by Gasteiger charge is 2.11. The number of esters is 1. The Hall–Kier alpha value is -3.08. The van der Waals surface area contributed by atoms with Gasteiger partial charge < -0.3 is 14.0 Å². The van der Waals surface area contributed by atoms with Crippen molar-refractivity contribution >= 4 is 5.97 Å². The lowest BCUT2D eigenvalue weighted by molar-refractivity contribution is 0.0472. The van der Waals surface area contributed by atoms with Gasteiger partial charge in [0.05, 0.1) is 16.8 Å². The van der Waals surface area contributed by atoms with E-state index in [1.807, 2.05) is 45.0 Å². The van der Waals surface area contributed by atoms with Crippen molar-refractivity contribution in [3.8, 4) is 5.75 Å². The molecule has 0 spiro atoms. The van der Waals surface area contributed by atoms with Gasteiger partial charge in [-0.1, -0.05) is 29.4 Å². The fourth-order valence-corrected chi connectivity index (χ4v) is 2.55. The quantitative estimate of drug-likeness (QED) is 0.610. The van der Waals surface area contributed by atoms with Crippen LogP contribution in [0.3, 0.4) is 0 Å². The van der Waals surface area contributed by atoms with Crippen molar-refractivity contribution in [3.63, 3.8) is 0 Å². The third kappa shape index (κ3) is 4.11. The number of aryl methyl sites for hydroxylation is 3. The van der Waals surface area contributed by atoms with Crippen molar-refractivity contribution in [1.82, 2.24) is 5.16 Å². The molecular formula is C21H21NO4. The van der Waals surface area contributed by atoms with Crippen molar-refractivity contribution in [1.29, 1.82) is 0 Å². The molecule has 0 atom stereocenters. The van der Waals surface area contributed by atoms with Gasteiger partial charge in [0.1, 0.15) is 24.7 Å². The second kappa shape index (κ2) is 7.87. The number of rotatable bonds is 6. The summed E-state index contributed by atoms with van der Waals surface area (Å²) in [6.07, 6.45) is 0. The fourth-order valence-electron chi connectivity index (χ4n) is 2.55. The van der Waals surface area contributed by atoms with Gasteiger partial charge >= 0.3 is 5.97 Å². The molecule has 26 heavy (non-hydrogen) atoms. The van der Waals surface area contributed by atoms with Crippen molar-refractivity contribution in [2.45, 2.75) is 34.0 Å². The molecule has 2 aromatic carbocycles. The first kappa shape index (κ1) is 17.7. The molecule has 134 valence electrons. The summed E-state index contributed by atoms with van der Waals surface area (Å²) < 4.78 is 16.2. The number of hydrogen-bond acceptors (Lipinski definition) is 5. The molecule has 0 aliphatic rings. The highest BCUT2D eigenvalue weighted by Crippen LogP contribution is 2.18. The third-order valence-corrected chi connectivity index (χ3v) is 4.27. The predicted octanol–water partition coefficient (Wildman–Crippen LogP) is 4.54. The van der Waals surface area contributed by atoms with Gasteiger partial charge in [0.2, 0.25) is 0 Å². The van der Waals surface area contributed by atoms with Crippen LogP contribution in [0.2, 0.25) is 0 Å². The van der Waals surface area contributed by atoms with Crippen LogP contribution >= 0.6 is 0 Å². The van der Waals surface area contributed by atoms with E-state index in [9.17, 15) is 4.79 Å². The minimum absolute atomic E-state index is 0.260. The van der Waals surface area contributed by atoms with E-state index in [-0.39, 0.29) is 12.6 Å². The Morgan fingerprint density at radius 1 is 1.00 bits per heavy atom. The summed E-state index contributed by atoms with van der Waals surface area (Å²) in [6.45, 7) is 6.36. The van der Waals surface area contributed by atoms with Crippen LogP contribution < -0.4 is 4.74 Å². The average molecular weight is 351 g/mol. The van der Waals surface area contributed by atoms with E-state index in [2.05, 4.69) is 5.16 Å². The van der Waals surface area contributed by atoms with E-state index in [1.165, 1.54) is 0 Å². The van der Waals surface area contributed by atoms with Gasteiger partial charge in [0.25, 0.3) is 0 Å². The number of nitrogens with zero attached hydrogens (tertiary/aromatic N) is 1. The first-order valence-corrected chi connectivity index (χ1v) is 8.41. The maximum absolute atomic E-state index is 12.2. The van der Waals surface area contributed by atoms with E-state index in [1.54, 1.807) is 24.3 Å². The van der Waals surface area contributed by atoms with Crippen LogP contribution in [-0.2, 0) is 18.0 Å². The van der Waals surface area contributed by atoms with Crippen molar-refractivity contribution in [2.75, 3.05) is 0 Å². The highest BCUT2D eigenvalue weighted by atomic mass is 16.5. The molecule has 0 unspecified atom stereocenters. The topological polar surface area (TPSA) is 61.6 Å². The summed E-state index contributed by atoms with van der Waals surface area (Å²) in [5.74, 6) is 1.06. The highest BCUT2D eigenvalue weighted by molar-refractivity contribution is 5.89.